The number of nitrogens with two attached hydrogens (primary N) is 1. The number of anilines is 2. The molecule has 1 amide bonds. The smallest absolute Gasteiger partial charge is 0.251 e. The third kappa shape index (κ3) is 3.79. The number of fused-ring (bicyclic) bond motifs is 4. The van der Waals surface area contributed by atoms with Crippen LogP contribution in [0.1, 0.15) is 46.8 Å². The molecule has 3 aromatic carbocycles. The Morgan fingerprint density at radius 1 is 0.972 bits per heavy atom. The van der Waals surface area contributed by atoms with Gasteiger partial charge in [0.05, 0.1) is 11.3 Å². The number of aryl methyl sites for hydroxylation is 1. The van der Waals surface area contributed by atoms with Gasteiger partial charge in [-0.25, -0.2) is 0 Å². The lowest BCUT2D eigenvalue weighted by molar-refractivity contribution is 0.0999. The average Bonchev–Trinajstić information content (AvgIpc) is 3.29. The Kier molecular flexibility index (Phi) is 5.84. The lowest BCUT2D eigenvalue weighted by Crippen LogP contribution is -2.47. The number of pyridine rings is 1. The van der Waals surface area contributed by atoms with Crippen LogP contribution in [0.2, 0.25) is 0 Å². The number of primary amides is 1. The SMILES string of the molecule is CCCCc1cc2c(c(N3CCN(c4cccc5ccncc45)CC3)c1C(N)=O)Cc1ccccc1-2. The number of piperazine rings is 1. The molecule has 0 spiro atoms. The summed E-state index contributed by atoms with van der Waals surface area (Å²) in [6, 6.07) is 19.4. The zero-order valence-corrected chi connectivity index (χ0v) is 20.8. The van der Waals surface area contributed by atoms with Crippen LogP contribution in [0.15, 0.2) is 67.0 Å². The standard InChI is InChI=1S/C31H32N4O/c1-2-3-7-23-19-25-24-10-5-4-8-22(24)18-26(25)30(29(23)31(32)36)35-16-14-34(15-17-35)28-11-6-9-21-12-13-33-20-27(21)28/h4-6,8-13,19-20H,2-3,7,14-18H2,1H3,(H2,32,36). The van der Waals surface area contributed by atoms with E-state index in [4.69, 9.17) is 5.73 Å². The number of hydrogen-bond acceptors (Lipinski definition) is 4. The second kappa shape index (κ2) is 9.30. The highest BCUT2D eigenvalue weighted by molar-refractivity contribution is 6.04. The summed E-state index contributed by atoms with van der Waals surface area (Å²) in [5, 5.41) is 2.39. The van der Waals surface area contributed by atoms with Crippen molar-refractivity contribution in [3.05, 3.63) is 89.2 Å². The van der Waals surface area contributed by atoms with Crippen molar-refractivity contribution in [3.63, 3.8) is 0 Å². The van der Waals surface area contributed by atoms with E-state index in [0.29, 0.717) is 0 Å². The van der Waals surface area contributed by atoms with Crippen LogP contribution in [0.25, 0.3) is 21.9 Å². The number of benzene rings is 3. The molecular weight excluding hydrogens is 444 g/mol. The van der Waals surface area contributed by atoms with Crippen molar-refractivity contribution in [1.29, 1.82) is 0 Å². The first-order valence-electron chi connectivity index (χ1n) is 13.0. The monoisotopic (exact) mass is 476 g/mol. The Bertz CT molecular complexity index is 1450. The summed E-state index contributed by atoms with van der Waals surface area (Å²) in [5.41, 5.74) is 15.4. The van der Waals surface area contributed by atoms with Gasteiger partial charge in [0.1, 0.15) is 0 Å². The second-order valence-corrected chi connectivity index (χ2v) is 9.94. The molecule has 1 fully saturated rings. The van der Waals surface area contributed by atoms with Gasteiger partial charge in [0.15, 0.2) is 0 Å². The summed E-state index contributed by atoms with van der Waals surface area (Å²) in [7, 11) is 0. The summed E-state index contributed by atoms with van der Waals surface area (Å²) >= 11 is 0. The topological polar surface area (TPSA) is 62.5 Å². The van der Waals surface area contributed by atoms with Gasteiger partial charge in [0, 0.05) is 56.1 Å². The Balaban J connectivity index is 1.39. The minimum Gasteiger partial charge on any atom is -0.367 e. The van der Waals surface area contributed by atoms with Crippen molar-refractivity contribution in [1.82, 2.24) is 4.98 Å². The molecule has 2 N–H and O–H groups in total. The fourth-order valence-corrected chi connectivity index (χ4v) is 6.04. The molecule has 0 radical (unpaired) electrons. The molecule has 182 valence electrons. The van der Waals surface area contributed by atoms with E-state index in [9.17, 15) is 4.79 Å². The molecule has 5 heteroatoms. The van der Waals surface area contributed by atoms with Gasteiger partial charge in [0.25, 0.3) is 5.91 Å². The molecule has 0 bridgehead atoms. The number of carbonyl (C=O) groups is 1. The Morgan fingerprint density at radius 2 is 1.78 bits per heavy atom. The molecule has 6 rings (SSSR count). The lowest BCUT2D eigenvalue weighted by Gasteiger charge is -2.39. The number of rotatable bonds is 6. The van der Waals surface area contributed by atoms with Crippen LogP contribution in [-0.2, 0) is 12.8 Å². The number of hydrogen-bond donors (Lipinski definition) is 1. The van der Waals surface area contributed by atoms with E-state index in [1.165, 1.54) is 38.7 Å². The molecule has 0 unspecified atom stereocenters. The van der Waals surface area contributed by atoms with Gasteiger partial charge in [0.2, 0.25) is 0 Å². The molecule has 4 aromatic rings. The van der Waals surface area contributed by atoms with Crippen LogP contribution in [0.3, 0.4) is 0 Å². The van der Waals surface area contributed by atoms with Gasteiger partial charge in [-0.15, -0.1) is 0 Å². The molecule has 36 heavy (non-hydrogen) atoms. The molecule has 2 aliphatic rings. The predicted molar refractivity (Wildman–Crippen MR) is 148 cm³/mol. The van der Waals surface area contributed by atoms with Gasteiger partial charge < -0.3 is 15.5 Å². The zero-order valence-electron chi connectivity index (χ0n) is 20.8. The van der Waals surface area contributed by atoms with Gasteiger partial charge in [-0.3, -0.25) is 9.78 Å². The van der Waals surface area contributed by atoms with Crippen LogP contribution in [0, 0.1) is 0 Å². The van der Waals surface area contributed by atoms with Crippen LogP contribution < -0.4 is 15.5 Å². The van der Waals surface area contributed by atoms with Gasteiger partial charge in [-0.1, -0.05) is 49.7 Å². The maximum Gasteiger partial charge on any atom is 0.251 e. The van der Waals surface area contributed by atoms with Gasteiger partial charge in [-0.2, -0.15) is 0 Å². The van der Waals surface area contributed by atoms with Crippen LogP contribution >= 0.6 is 0 Å². The quantitative estimate of drug-likeness (QED) is 0.348. The highest BCUT2D eigenvalue weighted by Gasteiger charge is 2.31. The fourth-order valence-electron chi connectivity index (χ4n) is 6.04. The maximum absolute atomic E-state index is 12.9. The Hall–Kier alpha value is -3.86. The van der Waals surface area contributed by atoms with E-state index in [1.807, 2.05) is 12.4 Å². The number of nitrogens with zero attached hydrogens (tertiary/aromatic N) is 3. The third-order valence-corrected chi connectivity index (χ3v) is 7.81. The van der Waals surface area contributed by atoms with Gasteiger partial charge >= 0.3 is 0 Å². The minimum absolute atomic E-state index is 0.308. The molecule has 2 heterocycles. The van der Waals surface area contributed by atoms with Crippen molar-refractivity contribution in [2.24, 2.45) is 5.73 Å². The third-order valence-electron chi connectivity index (χ3n) is 7.81. The normalized spacial score (nSPS) is 14.7. The predicted octanol–water partition coefficient (Wildman–Crippen LogP) is 5.57. The van der Waals surface area contributed by atoms with Crippen molar-refractivity contribution in [3.8, 4) is 11.1 Å². The minimum atomic E-state index is -0.308. The number of unbranched alkanes of at least 4 members (excludes halogenated alkanes) is 1. The highest BCUT2D eigenvalue weighted by Crippen LogP contribution is 2.45. The first-order valence-corrected chi connectivity index (χ1v) is 13.0. The maximum atomic E-state index is 12.9. The van der Waals surface area contributed by atoms with Gasteiger partial charge in [-0.05, 0) is 64.2 Å². The summed E-state index contributed by atoms with van der Waals surface area (Å²) in [6.45, 7) is 5.64. The number of aromatic nitrogens is 1. The second-order valence-electron chi connectivity index (χ2n) is 9.94. The van der Waals surface area contributed by atoms with E-state index in [2.05, 4.69) is 76.3 Å². The van der Waals surface area contributed by atoms with E-state index in [-0.39, 0.29) is 5.91 Å². The molecule has 1 aliphatic carbocycles. The zero-order chi connectivity index (χ0) is 24.6. The van der Waals surface area contributed by atoms with Crippen LogP contribution in [0.4, 0.5) is 11.4 Å². The Labute approximate surface area is 212 Å². The molecule has 1 aromatic heterocycles. The van der Waals surface area contributed by atoms with Crippen molar-refractivity contribution in [2.45, 2.75) is 32.6 Å². The van der Waals surface area contributed by atoms with Crippen molar-refractivity contribution >= 4 is 28.1 Å². The van der Waals surface area contributed by atoms with Crippen LogP contribution in [-0.4, -0.2) is 37.1 Å². The van der Waals surface area contributed by atoms with E-state index < -0.39 is 0 Å². The number of carbonyl (C=O) groups excluding carboxylic acids is 1. The van der Waals surface area contributed by atoms with E-state index >= 15 is 0 Å². The average molecular weight is 477 g/mol. The Morgan fingerprint density at radius 3 is 2.58 bits per heavy atom. The summed E-state index contributed by atoms with van der Waals surface area (Å²) < 4.78 is 0. The molecule has 0 saturated carbocycles. The fraction of sp³-hybridized carbons (Fsp3) is 0.290. The molecule has 5 nitrogen and oxygen atoms in total. The number of amides is 1. The van der Waals surface area contributed by atoms with E-state index in [1.54, 1.807) is 0 Å². The lowest BCUT2D eigenvalue weighted by atomic mass is 9.91. The molecule has 1 saturated heterocycles. The summed E-state index contributed by atoms with van der Waals surface area (Å²) in [5.74, 6) is -0.308. The van der Waals surface area contributed by atoms with E-state index in [0.717, 1.165) is 68.7 Å². The summed E-state index contributed by atoms with van der Waals surface area (Å²) in [4.78, 5) is 22.2. The largest absolute Gasteiger partial charge is 0.367 e. The molecule has 0 atom stereocenters. The molecule has 1 aliphatic heterocycles. The first-order chi connectivity index (χ1) is 17.7. The summed E-state index contributed by atoms with van der Waals surface area (Å²) in [6.07, 6.45) is 7.66. The highest BCUT2D eigenvalue weighted by atomic mass is 16.1. The van der Waals surface area contributed by atoms with Crippen LogP contribution in [0.5, 0.6) is 0 Å². The molecular formula is C31H32N4O. The van der Waals surface area contributed by atoms with Crippen molar-refractivity contribution < 1.29 is 4.79 Å². The van der Waals surface area contributed by atoms with Crippen molar-refractivity contribution in [2.75, 3.05) is 36.0 Å². The first kappa shape index (κ1) is 22.6.